The first-order valence-electron chi connectivity index (χ1n) is 7.42. The van der Waals surface area contributed by atoms with Crippen molar-refractivity contribution >= 4 is 17.5 Å². The smallest absolute Gasteiger partial charge is 0.167 e. The molecule has 0 aliphatic rings. The van der Waals surface area contributed by atoms with E-state index in [1.807, 2.05) is 36.9 Å². The molecular weight excluding hydrogens is 268 g/mol. The minimum atomic E-state index is 0.188. The molecule has 0 spiro atoms. The number of hydrogen-bond donors (Lipinski definition) is 0. The summed E-state index contributed by atoms with van der Waals surface area (Å²) in [4.78, 5) is 12.3. The monoisotopic (exact) mass is 294 g/mol. The highest BCUT2D eigenvalue weighted by Crippen LogP contribution is 2.23. The number of hydrogen-bond acceptors (Lipinski definition) is 3. The Morgan fingerprint density at radius 1 is 1.35 bits per heavy atom. The Morgan fingerprint density at radius 3 is 2.75 bits per heavy atom. The Hall–Kier alpha value is -0.960. The van der Waals surface area contributed by atoms with Crippen molar-refractivity contribution in [3.63, 3.8) is 0 Å². The normalized spacial score (nSPS) is 10.8. The summed E-state index contributed by atoms with van der Waals surface area (Å²) in [5.41, 5.74) is 1.85. The van der Waals surface area contributed by atoms with Crippen LogP contribution in [-0.2, 0) is 0 Å². The van der Waals surface area contributed by atoms with E-state index in [4.69, 9.17) is 4.74 Å². The highest BCUT2D eigenvalue weighted by Gasteiger charge is 2.13. The lowest BCUT2D eigenvalue weighted by atomic mass is 10.0. The summed E-state index contributed by atoms with van der Waals surface area (Å²) < 4.78 is 5.75. The summed E-state index contributed by atoms with van der Waals surface area (Å²) in [5, 5.41) is 0.570. The van der Waals surface area contributed by atoms with E-state index in [0.29, 0.717) is 18.3 Å². The van der Waals surface area contributed by atoms with Crippen LogP contribution in [0, 0.1) is 6.92 Å². The van der Waals surface area contributed by atoms with E-state index in [-0.39, 0.29) is 5.78 Å². The zero-order chi connectivity index (χ0) is 15.0. The fourth-order valence-corrected chi connectivity index (χ4v) is 2.61. The molecule has 0 fully saturated rings. The van der Waals surface area contributed by atoms with Gasteiger partial charge in [-0.25, -0.2) is 0 Å². The van der Waals surface area contributed by atoms with Crippen molar-refractivity contribution in [2.75, 3.05) is 12.4 Å². The summed E-state index contributed by atoms with van der Waals surface area (Å²) in [7, 11) is 0. The van der Waals surface area contributed by atoms with E-state index in [2.05, 4.69) is 20.8 Å². The Bertz CT molecular complexity index is 427. The number of unbranched alkanes of at least 4 members (excludes halogenated alkanes) is 1. The molecule has 0 amide bonds. The van der Waals surface area contributed by atoms with Crippen LogP contribution < -0.4 is 4.74 Å². The standard InChI is InChI=1S/C17H26O2S/c1-5-6-10-19-17-8-7-14(4)12-15(17)16(18)9-11-20-13(2)3/h7-8,12-13H,5-6,9-11H2,1-4H3. The van der Waals surface area contributed by atoms with Crippen LogP contribution in [0.5, 0.6) is 5.75 Å². The predicted octanol–water partition coefficient (Wildman–Crippen LogP) is 4.89. The second kappa shape index (κ2) is 9.06. The van der Waals surface area contributed by atoms with E-state index in [1.54, 1.807) is 0 Å². The van der Waals surface area contributed by atoms with Crippen LogP contribution in [0.25, 0.3) is 0 Å². The average Bonchev–Trinajstić information content (AvgIpc) is 2.40. The second-order valence-electron chi connectivity index (χ2n) is 5.29. The molecule has 0 aliphatic carbocycles. The van der Waals surface area contributed by atoms with Gasteiger partial charge in [0.2, 0.25) is 0 Å². The Balaban J connectivity index is 2.69. The molecule has 0 bridgehead atoms. The van der Waals surface area contributed by atoms with Gasteiger partial charge in [-0.2, -0.15) is 11.8 Å². The molecule has 0 saturated heterocycles. The van der Waals surface area contributed by atoms with Gasteiger partial charge in [-0.05, 0) is 30.7 Å². The zero-order valence-corrected chi connectivity index (χ0v) is 13.9. The van der Waals surface area contributed by atoms with E-state index >= 15 is 0 Å². The maximum Gasteiger partial charge on any atom is 0.167 e. The summed E-state index contributed by atoms with van der Waals surface area (Å²) in [6.07, 6.45) is 2.70. The molecule has 3 heteroatoms. The van der Waals surface area contributed by atoms with Crippen LogP contribution in [0.4, 0.5) is 0 Å². The van der Waals surface area contributed by atoms with Gasteiger partial charge in [0.25, 0.3) is 0 Å². The molecule has 0 radical (unpaired) electrons. The maximum absolute atomic E-state index is 12.3. The summed E-state index contributed by atoms with van der Waals surface area (Å²) in [6.45, 7) is 9.13. The summed E-state index contributed by atoms with van der Waals surface area (Å²) in [6, 6.07) is 5.87. The minimum absolute atomic E-state index is 0.188. The average molecular weight is 294 g/mol. The van der Waals surface area contributed by atoms with Crippen LogP contribution in [-0.4, -0.2) is 23.4 Å². The number of ether oxygens (including phenoxy) is 1. The van der Waals surface area contributed by atoms with Crippen molar-refractivity contribution in [3.05, 3.63) is 29.3 Å². The number of Topliss-reactive ketones (excluding diaryl/α,β-unsaturated/α-hetero) is 1. The van der Waals surface area contributed by atoms with Crippen LogP contribution >= 0.6 is 11.8 Å². The van der Waals surface area contributed by atoms with Gasteiger partial charge in [0.05, 0.1) is 12.2 Å². The van der Waals surface area contributed by atoms with Gasteiger partial charge in [-0.3, -0.25) is 4.79 Å². The number of benzene rings is 1. The Morgan fingerprint density at radius 2 is 2.10 bits per heavy atom. The van der Waals surface area contributed by atoms with Gasteiger partial charge < -0.3 is 4.74 Å². The lowest BCUT2D eigenvalue weighted by Crippen LogP contribution is -2.07. The van der Waals surface area contributed by atoms with E-state index in [1.165, 1.54) is 0 Å². The molecule has 112 valence electrons. The lowest BCUT2D eigenvalue weighted by Gasteiger charge is -2.12. The molecule has 2 nitrogen and oxygen atoms in total. The van der Waals surface area contributed by atoms with Crippen LogP contribution in [0.1, 0.15) is 56.0 Å². The molecule has 0 N–H and O–H groups in total. The van der Waals surface area contributed by atoms with Gasteiger partial charge in [0.1, 0.15) is 5.75 Å². The zero-order valence-electron chi connectivity index (χ0n) is 13.1. The fourth-order valence-electron chi connectivity index (χ4n) is 1.84. The number of carbonyl (C=O) groups excluding carboxylic acids is 1. The molecule has 20 heavy (non-hydrogen) atoms. The molecule has 1 aromatic carbocycles. The van der Waals surface area contributed by atoms with Crippen LogP contribution in [0.2, 0.25) is 0 Å². The number of thioether (sulfide) groups is 1. The Kier molecular flexibility index (Phi) is 7.75. The number of ketones is 1. The maximum atomic E-state index is 12.3. The molecule has 0 saturated carbocycles. The third kappa shape index (κ3) is 6.00. The quantitative estimate of drug-likeness (QED) is 0.479. The third-order valence-corrected chi connectivity index (χ3v) is 4.08. The lowest BCUT2D eigenvalue weighted by molar-refractivity contribution is 0.0985. The Labute approximate surface area is 127 Å². The summed E-state index contributed by atoms with van der Waals surface area (Å²) >= 11 is 1.82. The molecule has 0 aromatic heterocycles. The molecule has 0 unspecified atom stereocenters. The number of carbonyl (C=O) groups is 1. The SMILES string of the molecule is CCCCOc1ccc(C)cc1C(=O)CCSC(C)C. The number of rotatable bonds is 9. The van der Waals surface area contributed by atoms with E-state index < -0.39 is 0 Å². The van der Waals surface area contributed by atoms with Gasteiger partial charge in [-0.1, -0.05) is 38.8 Å². The molecule has 1 rings (SSSR count). The first-order valence-corrected chi connectivity index (χ1v) is 8.47. The largest absolute Gasteiger partial charge is 0.493 e. The van der Waals surface area contributed by atoms with Gasteiger partial charge in [0, 0.05) is 12.2 Å². The molecule has 0 heterocycles. The van der Waals surface area contributed by atoms with Gasteiger partial charge >= 0.3 is 0 Å². The first kappa shape index (κ1) is 17.1. The first-order chi connectivity index (χ1) is 9.54. The third-order valence-electron chi connectivity index (χ3n) is 2.97. The van der Waals surface area contributed by atoms with E-state index in [9.17, 15) is 4.79 Å². The van der Waals surface area contributed by atoms with Crippen LogP contribution in [0.15, 0.2) is 18.2 Å². The van der Waals surface area contributed by atoms with E-state index in [0.717, 1.165) is 35.5 Å². The summed E-state index contributed by atoms with van der Waals surface area (Å²) in [5.74, 6) is 1.80. The van der Waals surface area contributed by atoms with Crippen molar-refractivity contribution in [2.24, 2.45) is 0 Å². The molecule has 0 aliphatic heterocycles. The van der Waals surface area contributed by atoms with Gasteiger partial charge in [0.15, 0.2) is 5.78 Å². The van der Waals surface area contributed by atoms with Crippen molar-refractivity contribution in [1.82, 2.24) is 0 Å². The molecular formula is C17H26O2S. The fraction of sp³-hybridized carbons (Fsp3) is 0.588. The van der Waals surface area contributed by atoms with Gasteiger partial charge in [-0.15, -0.1) is 0 Å². The van der Waals surface area contributed by atoms with Crippen molar-refractivity contribution in [2.45, 2.75) is 52.2 Å². The van der Waals surface area contributed by atoms with Crippen molar-refractivity contribution < 1.29 is 9.53 Å². The highest BCUT2D eigenvalue weighted by molar-refractivity contribution is 7.99. The second-order valence-corrected chi connectivity index (χ2v) is 6.98. The van der Waals surface area contributed by atoms with Crippen LogP contribution in [0.3, 0.4) is 0 Å². The van der Waals surface area contributed by atoms with Crippen molar-refractivity contribution in [1.29, 1.82) is 0 Å². The molecule has 0 atom stereocenters. The topological polar surface area (TPSA) is 26.3 Å². The number of aryl methyl sites for hydroxylation is 1. The highest BCUT2D eigenvalue weighted by atomic mass is 32.2. The molecule has 1 aromatic rings. The van der Waals surface area contributed by atoms with Crippen molar-refractivity contribution in [3.8, 4) is 5.75 Å². The predicted molar refractivity (Wildman–Crippen MR) is 88.1 cm³/mol. The minimum Gasteiger partial charge on any atom is -0.493 e.